The number of carbonyl (C=O) groups is 2. The van der Waals surface area contributed by atoms with E-state index in [1.54, 1.807) is 0 Å². The smallest absolute Gasteiger partial charge is 0.339 e. The predicted molar refractivity (Wildman–Crippen MR) is 86.1 cm³/mol. The molecule has 0 heterocycles. The van der Waals surface area contributed by atoms with Crippen LogP contribution in [0.4, 0.5) is 0 Å². The Morgan fingerprint density at radius 2 is 1.73 bits per heavy atom. The van der Waals surface area contributed by atoms with Crippen LogP contribution in [0.15, 0.2) is 30.3 Å². The molecule has 0 aliphatic heterocycles. The second kappa shape index (κ2) is 5.24. The summed E-state index contributed by atoms with van der Waals surface area (Å²) in [5.41, 5.74) is 2.62. The van der Waals surface area contributed by atoms with E-state index >= 15 is 0 Å². The van der Waals surface area contributed by atoms with Crippen molar-refractivity contribution in [3.8, 4) is 0 Å². The van der Waals surface area contributed by atoms with E-state index in [9.17, 15) is 9.59 Å². The zero-order chi connectivity index (χ0) is 15.9. The SMILES string of the molecule is CC(C)(C)C(=O)COC(=O)c1ccc2c3c(cccc13)CC2. The van der Waals surface area contributed by atoms with E-state index in [4.69, 9.17) is 4.74 Å². The second-order valence-corrected chi connectivity index (χ2v) is 6.86. The minimum absolute atomic E-state index is 0.0771. The van der Waals surface area contributed by atoms with E-state index in [0.717, 1.165) is 18.2 Å². The summed E-state index contributed by atoms with van der Waals surface area (Å²) in [5, 5.41) is 2.11. The molecule has 1 aliphatic rings. The number of ketones is 1. The maximum atomic E-state index is 12.4. The van der Waals surface area contributed by atoms with Crippen LogP contribution in [0.1, 0.15) is 42.3 Å². The van der Waals surface area contributed by atoms with Crippen LogP contribution in [-0.4, -0.2) is 18.4 Å². The van der Waals surface area contributed by atoms with Crippen molar-refractivity contribution in [3.05, 3.63) is 47.0 Å². The van der Waals surface area contributed by atoms with Crippen molar-refractivity contribution >= 4 is 22.5 Å². The highest BCUT2D eigenvalue weighted by Gasteiger charge is 2.24. The van der Waals surface area contributed by atoms with E-state index in [-0.39, 0.29) is 12.4 Å². The Hall–Kier alpha value is -2.16. The van der Waals surface area contributed by atoms with Gasteiger partial charge in [-0.25, -0.2) is 4.79 Å². The number of benzene rings is 2. The molecule has 3 rings (SSSR count). The fourth-order valence-electron chi connectivity index (χ4n) is 2.85. The van der Waals surface area contributed by atoms with Crippen LogP contribution in [0.2, 0.25) is 0 Å². The van der Waals surface area contributed by atoms with Gasteiger partial charge in [0, 0.05) is 5.41 Å². The number of rotatable bonds is 3. The lowest BCUT2D eigenvalue weighted by Crippen LogP contribution is -2.26. The summed E-state index contributed by atoms with van der Waals surface area (Å²) in [6, 6.07) is 9.86. The first-order chi connectivity index (χ1) is 10.4. The summed E-state index contributed by atoms with van der Waals surface area (Å²) in [5.74, 6) is -0.500. The van der Waals surface area contributed by atoms with Crippen LogP contribution in [0.3, 0.4) is 0 Å². The first-order valence-electron chi connectivity index (χ1n) is 7.62. The molecule has 0 atom stereocenters. The molecular weight excluding hydrogens is 276 g/mol. The lowest BCUT2D eigenvalue weighted by molar-refractivity contribution is -0.129. The third kappa shape index (κ3) is 2.52. The molecule has 1 aliphatic carbocycles. The number of hydrogen-bond acceptors (Lipinski definition) is 3. The molecule has 0 bridgehead atoms. The average Bonchev–Trinajstić information content (AvgIpc) is 2.89. The van der Waals surface area contributed by atoms with Gasteiger partial charge < -0.3 is 4.74 Å². The third-order valence-corrected chi connectivity index (χ3v) is 4.27. The molecule has 0 radical (unpaired) electrons. The van der Waals surface area contributed by atoms with Gasteiger partial charge in [-0.2, -0.15) is 0 Å². The molecule has 2 aromatic carbocycles. The predicted octanol–water partition coefficient (Wildman–Crippen LogP) is 3.71. The first-order valence-corrected chi connectivity index (χ1v) is 7.62. The molecule has 3 nitrogen and oxygen atoms in total. The van der Waals surface area contributed by atoms with Crippen LogP contribution in [0, 0.1) is 5.41 Å². The molecule has 3 heteroatoms. The van der Waals surface area contributed by atoms with Gasteiger partial charge in [0.15, 0.2) is 12.4 Å². The molecular formula is C19H20O3. The van der Waals surface area contributed by atoms with Crippen molar-refractivity contribution in [2.75, 3.05) is 6.61 Å². The summed E-state index contributed by atoms with van der Waals surface area (Å²) >= 11 is 0. The number of Topliss-reactive ketones (excluding diaryl/α,β-unsaturated/α-hetero) is 1. The van der Waals surface area contributed by atoms with Gasteiger partial charge in [0.05, 0.1) is 5.56 Å². The number of hydrogen-bond donors (Lipinski definition) is 0. The normalized spacial score (nSPS) is 13.4. The van der Waals surface area contributed by atoms with Crippen molar-refractivity contribution < 1.29 is 14.3 Å². The molecule has 0 N–H and O–H groups in total. The standard InChI is InChI=1S/C19H20O3/c1-19(2,3)16(20)11-22-18(21)15-10-9-13-8-7-12-5-4-6-14(15)17(12)13/h4-6,9-10H,7-8,11H2,1-3H3. The lowest BCUT2D eigenvalue weighted by Gasteiger charge is -2.16. The molecule has 22 heavy (non-hydrogen) atoms. The van der Waals surface area contributed by atoms with Crippen LogP contribution in [0.5, 0.6) is 0 Å². The highest BCUT2D eigenvalue weighted by molar-refractivity contribution is 6.07. The van der Waals surface area contributed by atoms with E-state index in [1.807, 2.05) is 45.0 Å². The highest BCUT2D eigenvalue weighted by atomic mass is 16.5. The Labute approximate surface area is 130 Å². The van der Waals surface area contributed by atoms with Gasteiger partial charge >= 0.3 is 5.97 Å². The molecule has 0 unspecified atom stereocenters. The fourth-order valence-corrected chi connectivity index (χ4v) is 2.85. The van der Waals surface area contributed by atoms with Gasteiger partial charge in [0.1, 0.15) is 0 Å². The summed E-state index contributed by atoms with van der Waals surface area (Å²) in [4.78, 5) is 24.3. The third-order valence-electron chi connectivity index (χ3n) is 4.27. The van der Waals surface area contributed by atoms with Crippen molar-refractivity contribution in [3.63, 3.8) is 0 Å². The highest BCUT2D eigenvalue weighted by Crippen LogP contribution is 2.33. The quantitative estimate of drug-likeness (QED) is 0.811. The first kappa shape index (κ1) is 14.8. The van der Waals surface area contributed by atoms with Gasteiger partial charge in [0.25, 0.3) is 0 Å². The molecule has 0 aromatic heterocycles. The van der Waals surface area contributed by atoms with Crippen molar-refractivity contribution in [1.82, 2.24) is 0 Å². The topological polar surface area (TPSA) is 43.4 Å². The maximum absolute atomic E-state index is 12.4. The van der Waals surface area contributed by atoms with E-state index in [2.05, 4.69) is 6.07 Å². The molecule has 0 saturated carbocycles. The number of ether oxygens (including phenoxy) is 1. The Bertz CT molecular complexity index is 756. The second-order valence-electron chi connectivity index (χ2n) is 6.86. The summed E-state index contributed by atoms with van der Waals surface area (Å²) in [6.07, 6.45) is 2.04. The molecule has 114 valence electrons. The Kier molecular flexibility index (Phi) is 3.51. The van der Waals surface area contributed by atoms with Crippen LogP contribution < -0.4 is 0 Å². The van der Waals surface area contributed by atoms with Crippen LogP contribution >= 0.6 is 0 Å². The fraction of sp³-hybridized carbons (Fsp3) is 0.368. The van der Waals surface area contributed by atoms with Crippen LogP contribution in [-0.2, 0) is 22.4 Å². The van der Waals surface area contributed by atoms with Crippen molar-refractivity contribution in [2.45, 2.75) is 33.6 Å². The number of carbonyl (C=O) groups excluding carboxylic acids is 2. The summed E-state index contributed by atoms with van der Waals surface area (Å²) in [7, 11) is 0. The van der Waals surface area contributed by atoms with Crippen LogP contribution in [0.25, 0.3) is 10.8 Å². The largest absolute Gasteiger partial charge is 0.454 e. The van der Waals surface area contributed by atoms with E-state index in [0.29, 0.717) is 5.56 Å². The van der Waals surface area contributed by atoms with Crippen molar-refractivity contribution in [2.24, 2.45) is 5.41 Å². The Morgan fingerprint density at radius 1 is 1.05 bits per heavy atom. The zero-order valence-corrected chi connectivity index (χ0v) is 13.2. The number of esters is 1. The maximum Gasteiger partial charge on any atom is 0.339 e. The lowest BCUT2D eigenvalue weighted by atomic mass is 9.91. The Balaban J connectivity index is 1.88. The summed E-state index contributed by atoms with van der Waals surface area (Å²) < 4.78 is 5.24. The molecule has 0 saturated heterocycles. The zero-order valence-electron chi connectivity index (χ0n) is 13.2. The molecule has 0 spiro atoms. The van der Waals surface area contributed by atoms with Gasteiger partial charge in [-0.1, -0.05) is 45.0 Å². The van der Waals surface area contributed by atoms with Gasteiger partial charge in [-0.05, 0) is 40.8 Å². The number of aryl methyl sites for hydroxylation is 2. The van der Waals surface area contributed by atoms with Gasteiger partial charge in [-0.3, -0.25) is 4.79 Å². The summed E-state index contributed by atoms with van der Waals surface area (Å²) in [6.45, 7) is 5.29. The molecule has 0 amide bonds. The molecule has 0 fully saturated rings. The van der Waals surface area contributed by atoms with Gasteiger partial charge in [-0.15, -0.1) is 0 Å². The molecule has 2 aromatic rings. The van der Waals surface area contributed by atoms with E-state index < -0.39 is 11.4 Å². The van der Waals surface area contributed by atoms with Gasteiger partial charge in [0.2, 0.25) is 0 Å². The minimum Gasteiger partial charge on any atom is -0.454 e. The van der Waals surface area contributed by atoms with Crippen molar-refractivity contribution in [1.29, 1.82) is 0 Å². The monoisotopic (exact) mass is 296 g/mol. The van der Waals surface area contributed by atoms with E-state index in [1.165, 1.54) is 16.5 Å². The minimum atomic E-state index is -0.498. The average molecular weight is 296 g/mol. The Morgan fingerprint density at radius 3 is 2.41 bits per heavy atom.